The fraction of sp³-hybridized carbons (Fsp3) is 0.278. The normalized spacial score (nSPS) is 17.5. The maximum atomic E-state index is 5.86. The summed E-state index contributed by atoms with van der Waals surface area (Å²) in [5.74, 6) is 3.90. The van der Waals surface area contributed by atoms with Gasteiger partial charge in [-0.25, -0.2) is 0 Å². The highest BCUT2D eigenvalue weighted by Crippen LogP contribution is 2.28. The van der Waals surface area contributed by atoms with Gasteiger partial charge in [-0.3, -0.25) is 0 Å². The largest absolute Gasteiger partial charge is 0.457 e. The predicted molar refractivity (Wildman–Crippen MR) is 96.4 cm³/mol. The maximum absolute atomic E-state index is 5.86. The van der Waals surface area contributed by atoms with Crippen molar-refractivity contribution in [3.63, 3.8) is 0 Å². The van der Waals surface area contributed by atoms with Crippen LogP contribution in [0.2, 0.25) is 0 Å². The van der Waals surface area contributed by atoms with Crippen LogP contribution < -0.4 is 9.64 Å². The summed E-state index contributed by atoms with van der Waals surface area (Å²) in [4.78, 5) is 4.69. The Morgan fingerprint density at radius 1 is 0.870 bits per heavy atom. The van der Waals surface area contributed by atoms with E-state index in [2.05, 4.69) is 26.3 Å². The average molecular weight is 325 g/mol. The van der Waals surface area contributed by atoms with Crippen LogP contribution in [0.5, 0.6) is 11.5 Å². The molecule has 1 saturated heterocycles. The second-order valence-corrected chi connectivity index (χ2v) is 6.47. The fourth-order valence-corrected chi connectivity index (χ4v) is 3.65. The molecule has 0 unspecified atom stereocenters. The minimum Gasteiger partial charge on any atom is -0.457 e. The lowest BCUT2D eigenvalue weighted by atomic mass is 10.2. The molecule has 0 radical (unpaired) electrons. The van der Waals surface area contributed by atoms with E-state index in [1.165, 1.54) is 12.1 Å². The van der Waals surface area contributed by atoms with E-state index in [9.17, 15) is 0 Å². The molecule has 0 N–H and O–H groups in total. The SMILES string of the molecule is c1ccc(Oc2ccc(N3CCCN4CCSN=C43)cc2)cc1. The van der Waals surface area contributed by atoms with Crippen LogP contribution in [-0.2, 0) is 0 Å². The number of fused-ring (bicyclic) bond motifs is 1. The van der Waals surface area contributed by atoms with Crippen molar-refractivity contribution in [3.05, 3.63) is 54.6 Å². The molecular weight excluding hydrogens is 306 g/mol. The third-order valence-electron chi connectivity index (χ3n) is 4.06. The molecule has 2 aliphatic rings. The summed E-state index contributed by atoms with van der Waals surface area (Å²) >= 11 is 1.66. The number of guanidine groups is 1. The van der Waals surface area contributed by atoms with E-state index in [-0.39, 0.29) is 0 Å². The Morgan fingerprint density at radius 2 is 1.65 bits per heavy atom. The first-order valence-corrected chi connectivity index (χ1v) is 8.90. The van der Waals surface area contributed by atoms with Gasteiger partial charge in [-0.15, -0.1) is 0 Å². The van der Waals surface area contributed by atoms with Crippen LogP contribution >= 0.6 is 11.9 Å². The third-order valence-corrected chi connectivity index (χ3v) is 4.72. The van der Waals surface area contributed by atoms with Crippen molar-refractivity contribution in [2.45, 2.75) is 6.42 Å². The highest BCUT2D eigenvalue weighted by atomic mass is 32.2. The van der Waals surface area contributed by atoms with Gasteiger partial charge in [0.05, 0.1) is 0 Å². The highest BCUT2D eigenvalue weighted by Gasteiger charge is 2.26. The van der Waals surface area contributed by atoms with Crippen molar-refractivity contribution in [1.82, 2.24) is 4.90 Å². The van der Waals surface area contributed by atoms with Gasteiger partial charge in [-0.1, -0.05) is 18.2 Å². The number of hydrogen-bond acceptors (Lipinski definition) is 5. The lowest BCUT2D eigenvalue weighted by Crippen LogP contribution is -2.52. The average Bonchev–Trinajstić information content (AvgIpc) is 2.63. The number of nitrogens with zero attached hydrogens (tertiary/aromatic N) is 3. The summed E-state index contributed by atoms with van der Waals surface area (Å²) in [5, 5.41) is 0. The van der Waals surface area contributed by atoms with Gasteiger partial charge in [0.15, 0.2) is 0 Å². The van der Waals surface area contributed by atoms with E-state index >= 15 is 0 Å². The molecular formula is C18H19N3OS. The molecule has 0 aliphatic carbocycles. The molecule has 0 saturated carbocycles. The molecule has 0 aromatic heterocycles. The Kier molecular flexibility index (Phi) is 4.11. The van der Waals surface area contributed by atoms with Gasteiger partial charge in [-0.05, 0) is 54.8 Å². The molecule has 0 bridgehead atoms. The lowest BCUT2D eigenvalue weighted by Gasteiger charge is -2.40. The summed E-state index contributed by atoms with van der Waals surface area (Å²) in [6.45, 7) is 3.23. The number of benzene rings is 2. The van der Waals surface area contributed by atoms with Crippen LogP contribution in [-0.4, -0.2) is 36.2 Å². The molecule has 0 atom stereocenters. The van der Waals surface area contributed by atoms with Crippen molar-refractivity contribution in [3.8, 4) is 11.5 Å². The predicted octanol–water partition coefficient (Wildman–Crippen LogP) is 4.01. The molecule has 2 aromatic rings. The number of ether oxygens (including phenoxy) is 1. The fourth-order valence-electron chi connectivity index (χ4n) is 2.93. The van der Waals surface area contributed by atoms with Crippen LogP contribution in [0.4, 0.5) is 5.69 Å². The van der Waals surface area contributed by atoms with Crippen molar-refractivity contribution in [2.24, 2.45) is 4.40 Å². The number of anilines is 1. The molecule has 0 amide bonds. The van der Waals surface area contributed by atoms with E-state index in [0.717, 1.165) is 42.8 Å². The summed E-state index contributed by atoms with van der Waals surface area (Å²) in [6, 6.07) is 18.1. The van der Waals surface area contributed by atoms with Gasteiger partial charge in [0.25, 0.3) is 0 Å². The molecule has 0 spiro atoms. The van der Waals surface area contributed by atoms with E-state index in [1.54, 1.807) is 11.9 Å². The monoisotopic (exact) mass is 325 g/mol. The molecule has 4 nitrogen and oxygen atoms in total. The van der Waals surface area contributed by atoms with Crippen LogP contribution in [0.15, 0.2) is 59.0 Å². The van der Waals surface area contributed by atoms with Gasteiger partial charge >= 0.3 is 0 Å². The molecule has 4 rings (SSSR count). The van der Waals surface area contributed by atoms with E-state index in [0.29, 0.717) is 0 Å². The number of hydrogen-bond donors (Lipinski definition) is 0. The first kappa shape index (κ1) is 14.5. The Hall–Kier alpha value is -2.14. The topological polar surface area (TPSA) is 28.1 Å². The van der Waals surface area contributed by atoms with Crippen LogP contribution in [0, 0.1) is 0 Å². The summed E-state index contributed by atoms with van der Waals surface area (Å²) in [6.07, 6.45) is 1.17. The van der Waals surface area contributed by atoms with Crippen LogP contribution in [0.3, 0.4) is 0 Å². The van der Waals surface area contributed by atoms with E-state index in [1.807, 2.05) is 42.5 Å². The van der Waals surface area contributed by atoms with Crippen molar-refractivity contribution < 1.29 is 4.74 Å². The Bertz CT molecular complexity index is 687. The molecule has 23 heavy (non-hydrogen) atoms. The molecule has 2 aromatic carbocycles. The van der Waals surface area contributed by atoms with Gasteiger partial charge in [0, 0.05) is 31.1 Å². The maximum Gasteiger partial charge on any atom is 0.212 e. The van der Waals surface area contributed by atoms with Gasteiger partial charge in [0.1, 0.15) is 11.5 Å². The second-order valence-electron chi connectivity index (χ2n) is 5.63. The highest BCUT2D eigenvalue weighted by molar-refractivity contribution is 7.98. The Morgan fingerprint density at radius 3 is 2.48 bits per heavy atom. The quantitative estimate of drug-likeness (QED) is 0.797. The van der Waals surface area contributed by atoms with Crippen molar-refractivity contribution >= 4 is 23.6 Å². The molecule has 5 heteroatoms. The Labute approximate surface area is 140 Å². The lowest BCUT2D eigenvalue weighted by molar-refractivity contribution is 0.400. The van der Waals surface area contributed by atoms with Crippen molar-refractivity contribution in [2.75, 3.05) is 30.3 Å². The Balaban J connectivity index is 1.52. The first-order valence-electron chi connectivity index (χ1n) is 7.95. The molecule has 1 fully saturated rings. The first-order chi connectivity index (χ1) is 11.4. The second kappa shape index (κ2) is 6.54. The zero-order valence-electron chi connectivity index (χ0n) is 12.9. The van der Waals surface area contributed by atoms with Gasteiger partial charge in [-0.2, -0.15) is 4.40 Å². The van der Waals surface area contributed by atoms with Crippen LogP contribution in [0.1, 0.15) is 6.42 Å². The van der Waals surface area contributed by atoms with Crippen molar-refractivity contribution in [1.29, 1.82) is 0 Å². The third kappa shape index (κ3) is 3.15. The van der Waals surface area contributed by atoms with E-state index < -0.39 is 0 Å². The summed E-state index contributed by atoms with van der Waals surface area (Å²) in [7, 11) is 0. The van der Waals surface area contributed by atoms with E-state index in [4.69, 9.17) is 4.74 Å². The number of para-hydroxylation sites is 1. The smallest absolute Gasteiger partial charge is 0.212 e. The zero-order chi connectivity index (χ0) is 15.5. The molecule has 118 valence electrons. The minimum atomic E-state index is 0.855. The van der Waals surface area contributed by atoms with Gasteiger partial charge in [0.2, 0.25) is 5.96 Å². The molecule has 2 aliphatic heterocycles. The zero-order valence-corrected chi connectivity index (χ0v) is 13.7. The van der Waals surface area contributed by atoms with Gasteiger partial charge < -0.3 is 14.5 Å². The minimum absolute atomic E-state index is 0.855. The standard InChI is InChI=1S/C18H19N3OS/c1-2-5-16(6-3-1)22-17-9-7-15(8-10-17)21-12-4-11-20-13-14-23-19-18(20)21/h1-3,5-10H,4,11-14H2. The number of rotatable bonds is 3. The summed E-state index contributed by atoms with van der Waals surface area (Å²) < 4.78 is 10.5. The van der Waals surface area contributed by atoms with Crippen LogP contribution in [0.25, 0.3) is 0 Å². The molecule has 2 heterocycles. The summed E-state index contributed by atoms with van der Waals surface area (Å²) in [5.41, 5.74) is 1.18.